The predicted octanol–water partition coefficient (Wildman–Crippen LogP) is 2.95. The molecule has 4 atom stereocenters. The molecule has 0 bridgehead atoms. The number of nitrogens with one attached hydrogen (secondary N) is 1. The average Bonchev–Trinajstić information content (AvgIpc) is 3.50. The molecule has 34 heavy (non-hydrogen) atoms. The number of carbonyl (C=O) groups is 3. The minimum Gasteiger partial charge on any atom is -0.324 e. The van der Waals surface area contributed by atoms with E-state index in [0.29, 0.717) is 12.1 Å². The first-order chi connectivity index (χ1) is 16.2. The number of hydrogen-bond donors (Lipinski definition) is 1. The molecule has 1 N–H and O–H groups in total. The molecule has 0 unspecified atom stereocenters. The summed E-state index contributed by atoms with van der Waals surface area (Å²) in [5.74, 6) is -2.67. The number of rotatable bonds is 2. The van der Waals surface area contributed by atoms with Gasteiger partial charge in [-0.05, 0) is 56.8 Å². The van der Waals surface area contributed by atoms with Crippen LogP contribution < -0.4 is 10.2 Å². The van der Waals surface area contributed by atoms with E-state index < -0.39 is 28.2 Å². The Kier molecular flexibility index (Phi) is 4.15. The summed E-state index contributed by atoms with van der Waals surface area (Å²) in [6.45, 7) is 6.27. The number of amides is 3. The van der Waals surface area contributed by atoms with E-state index in [1.807, 2.05) is 26.0 Å². The highest BCUT2D eigenvalue weighted by atomic mass is 16.6. The van der Waals surface area contributed by atoms with Gasteiger partial charge in [0.2, 0.25) is 17.7 Å². The summed E-state index contributed by atoms with van der Waals surface area (Å²) in [6, 6.07) is 7.82. The zero-order chi connectivity index (χ0) is 24.1. The number of nitro benzene ring substituents is 1. The number of aryl methyl sites for hydroxylation is 2. The maximum absolute atomic E-state index is 14.1. The van der Waals surface area contributed by atoms with Crippen LogP contribution in [-0.4, -0.2) is 40.1 Å². The van der Waals surface area contributed by atoms with Crippen LogP contribution in [-0.2, 0) is 19.9 Å². The van der Waals surface area contributed by atoms with Gasteiger partial charge in [0.25, 0.3) is 5.69 Å². The average molecular weight is 460 g/mol. The predicted molar refractivity (Wildman–Crippen MR) is 123 cm³/mol. The first-order valence-corrected chi connectivity index (χ1v) is 11.5. The summed E-state index contributed by atoms with van der Waals surface area (Å²) in [5.41, 5.74) is 2.82. The van der Waals surface area contributed by atoms with Gasteiger partial charge in [0.05, 0.1) is 22.4 Å². The van der Waals surface area contributed by atoms with Crippen LogP contribution in [0, 0.1) is 42.7 Å². The Hall–Kier alpha value is -3.59. The topological polar surface area (TPSA) is 113 Å². The Morgan fingerprint density at radius 3 is 2.53 bits per heavy atom. The van der Waals surface area contributed by atoms with Crippen molar-refractivity contribution in [2.24, 2.45) is 11.8 Å². The number of nitrogens with zero attached hydrogens (tertiary/aromatic N) is 3. The standard InChI is InChI=1S/C25H24N4O5/c1-12-7-9-16-21(14(12)3)26-24(32)25(16)20-19(17-5-4-10-27(17)25)22(30)28(23(20)31)18-11-15(29(33)34)8-6-13(18)2/h6-9,11,17,19-20H,4-5,10H2,1-3H3,(H,26,32)/t17-,19+,20+,25-/m0/s1. The van der Waals surface area contributed by atoms with Gasteiger partial charge in [0.15, 0.2) is 0 Å². The number of carbonyl (C=O) groups excluding carboxylic acids is 3. The lowest BCUT2D eigenvalue weighted by molar-refractivity contribution is -0.384. The van der Waals surface area contributed by atoms with Crippen molar-refractivity contribution in [3.8, 4) is 0 Å². The largest absolute Gasteiger partial charge is 0.324 e. The molecule has 1 spiro atoms. The molecule has 0 aromatic heterocycles. The van der Waals surface area contributed by atoms with Crippen molar-refractivity contribution >= 4 is 34.8 Å². The second-order valence-electron chi connectivity index (χ2n) is 9.80. The first kappa shape index (κ1) is 21.0. The van der Waals surface area contributed by atoms with E-state index in [9.17, 15) is 24.5 Å². The van der Waals surface area contributed by atoms with E-state index in [1.54, 1.807) is 13.0 Å². The van der Waals surface area contributed by atoms with Crippen molar-refractivity contribution < 1.29 is 19.3 Å². The van der Waals surface area contributed by atoms with E-state index in [4.69, 9.17) is 0 Å². The van der Waals surface area contributed by atoms with Crippen molar-refractivity contribution in [3.05, 3.63) is 62.7 Å². The molecule has 0 aliphatic carbocycles. The van der Waals surface area contributed by atoms with Gasteiger partial charge in [-0.3, -0.25) is 29.4 Å². The van der Waals surface area contributed by atoms with E-state index in [2.05, 4.69) is 10.2 Å². The van der Waals surface area contributed by atoms with E-state index in [1.165, 1.54) is 12.1 Å². The number of fused-ring (bicyclic) bond motifs is 7. The molecule has 2 aromatic carbocycles. The number of benzene rings is 2. The molecule has 0 radical (unpaired) electrons. The van der Waals surface area contributed by atoms with Gasteiger partial charge in [-0.1, -0.05) is 18.2 Å². The van der Waals surface area contributed by atoms with Crippen LogP contribution >= 0.6 is 0 Å². The third-order valence-corrected chi connectivity index (χ3v) is 8.34. The lowest BCUT2D eigenvalue weighted by Gasteiger charge is -2.36. The van der Waals surface area contributed by atoms with Crippen LogP contribution in [0.5, 0.6) is 0 Å². The second kappa shape index (κ2) is 6.73. The molecule has 9 heteroatoms. The SMILES string of the molecule is Cc1ccc([N+](=O)[O-])cc1N1C(=O)[C@@H]2[C@@H]3CCCN3[C@]3(C(=O)Nc4c3ccc(C)c4C)[C@H]2C1=O. The van der Waals surface area contributed by atoms with Crippen molar-refractivity contribution in [1.82, 2.24) is 4.90 Å². The highest BCUT2D eigenvalue weighted by molar-refractivity contribution is 6.26. The smallest absolute Gasteiger partial charge is 0.271 e. The molecular formula is C25H24N4O5. The summed E-state index contributed by atoms with van der Waals surface area (Å²) in [5, 5.41) is 14.4. The van der Waals surface area contributed by atoms with Crippen LogP contribution in [0.2, 0.25) is 0 Å². The molecule has 3 fully saturated rings. The molecule has 4 aliphatic heterocycles. The number of hydrogen-bond acceptors (Lipinski definition) is 6. The first-order valence-electron chi connectivity index (χ1n) is 11.5. The van der Waals surface area contributed by atoms with Gasteiger partial charge in [-0.25, -0.2) is 4.90 Å². The summed E-state index contributed by atoms with van der Waals surface area (Å²) in [6.07, 6.45) is 1.55. The molecule has 6 rings (SSSR count). The molecule has 4 aliphatic rings. The van der Waals surface area contributed by atoms with Gasteiger partial charge in [-0.2, -0.15) is 0 Å². The third-order valence-electron chi connectivity index (χ3n) is 8.34. The highest BCUT2D eigenvalue weighted by Gasteiger charge is 2.74. The number of nitro groups is 1. The summed E-state index contributed by atoms with van der Waals surface area (Å²) >= 11 is 0. The molecule has 4 heterocycles. The lowest BCUT2D eigenvalue weighted by Crippen LogP contribution is -2.54. The Labute approximate surface area is 195 Å². The van der Waals surface area contributed by atoms with Crippen LogP contribution in [0.4, 0.5) is 17.1 Å². The van der Waals surface area contributed by atoms with E-state index in [-0.39, 0.29) is 29.2 Å². The Morgan fingerprint density at radius 2 is 1.79 bits per heavy atom. The van der Waals surface area contributed by atoms with Crippen LogP contribution in [0.1, 0.15) is 35.1 Å². The normalized spacial score (nSPS) is 29.6. The van der Waals surface area contributed by atoms with Crippen molar-refractivity contribution in [3.63, 3.8) is 0 Å². The number of non-ortho nitro benzene ring substituents is 1. The zero-order valence-electron chi connectivity index (χ0n) is 19.1. The fourth-order valence-electron chi connectivity index (χ4n) is 6.71. The van der Waals surface area contributed by atoms with Crippen molar-refractivity contribution in [2.45, 2.75) is 45.2 Å². The molecular weight excluding hydrogens is 436 g/mol. The Bertz CT molecular complexity index is 1340. The van der Waals surface area contributed by atoms with Crippen molar-refractivity contribution in [1.29, 1.82) is 0 Å². The minimum atomic E-state index is -1.25. The van der Waals surface area contributed by atoms with Gasteiger partial charge < -0.3 is 5.32 Å². The minimum absolute atomic E-state index is 0.189. The maximum atomic E-state index is 14.1. The highest BCUT2D eigenvalue weighted by Crippen LogP contribution is 2.61. The summed E-state index contributed by atoms with van der Waals surface area (Å²) in [7, 11) is 0. The van der Waals surface area contributed by atoms with Crippen LogP contribution in [0.25, 0.3) is 0 Å². The molecule has 3 saturated heterocycles. The number of anilines is 2. The van der Waals surface area contributed by atoms with Gasteiger partial charge in [0, 0.05) is 29.4 Å². The van der Waals surface area contributed by atoms with Crippen molar-refractivity contribution in [2.75, 3.05) is 16.8 Å². The molecule has 0 saturated carbocycles. The summed E-state index contributed by atoms with van der Waals surface area (Å²) < 4.78 is 0. The Morgan fingerprint density at radius 1 is 1.06 bits per heavy atom. The molecule has 174 valence electrons. The summed E-state index contributed by atoms with van der Waals surface area (Å²) in [4.78, 5) is 55.7. The van der Waals surface area contributed by atoms with E-state index in [0.717, 1.165) is 40.1 Å². The lowest BCUT2D eigenvalue weighted by atomic mass is 9.75. The third kappa shape index (κ3) is 2.30. The molecule has 2 aromatic rings. The van der Waals surface area contributed by atoms with Crippen LogP contribution in [0.3, 0.4) is 0 Å². The van der Waals surface area contributed by atoms with Gasteiger partial charge in [-0.15, -0.1) is 0 Å². The maximum Gasteiger partial charge on any atom is 0.271 e. The number of imide groups is 1. The van der Waals surface area contributed by atoms with Gasteiger partial charge in [0.1, 0.15) is 5.54 Å². The fraction of sp³-hybridized carbons (Fsp3) is 0.400. The van der Waals surface area contributed by atoms with Crippen LogP contribution in [0.15, 0.2) is 30.3 Å². The molecule has 3 amide bonds. The second-order valence-corrected chi connectivity index (χ2v) is 9.80. The quantitative estimate of drug-likeness (QED) is 0.419. The monoisotopic (exact) mass is 460 g/mol. The fourth-order valence-corrected chi connectivity index (χ4v) is 6.71. The zero-order valence-corrected chi connectivity index (χ0v) is 19.1. The van der Waals surface area contributed by atoms with Gasteiger partial charge >= 0.3 is 0 Å². The molecule has 9 nitrogen and oxygen atoms in total. The van der Waals surface area contributed by atoms with E-state index >= 15 is 0 Å². The Balaban J connectivity index is 1.56.